The van der Waals surface area contributed by atoms with E-state index in [1.807, 2.05) is 6.08 Å². The fraction of sp³-hybridized carbons (Fsp3) is 0.455. The van der Waals surface area contributed by atoms with E-state index in [9.17, 15) is 0 Å². The predicted octanol–water partition coefficient (Wildman–Crippen LogP) is 2.96. The van der Waals surface area contributed by atoms with Gasteiger partial charge in [0.2, 0.25) is 0 Å². The number of hydrogen-bond donors (Lipinski definition) is 0. The highest BCUT2D eigenvalue weighted by Crippen LogP contribution is 2.02. The van der Waals surface area contributed by atoms with E-state index in [0.29, 0.717) is 12.5 Å². The fourth-order valence-corrected chi connectivity index (χ4v) is 0.786. The molecule has 0 radical (unpaired) electrons. The minimum absolute atomic E-state index is 0.579. The summed E-state index contributed by atoms with van der Waals surface area (Å²) in [5.74, 6) is 0.579. The van der Waals surface area contributed by atoms with Crippen LogP contribution in [0, 0.1) is 5.92 Å². The maximum atomic E-state index is 5.02. The molecular formula is C11H18O. The average Bonchev–Trinajstić information content (AvgIpc) is 2.01. The van der Waals surface area contributed by atoms with Crippen LogP contribution in [0.4, 0.5) is 0 Å². The Morgan fingerprint density at radius 2 is 2.17 bits per heavy atom. The lowest BCUT2D eigenvalue weighted by Gasteiger charge is -1.99. The molecule has 0 aliphatic carbocycles. The van der Waals surface area contributed by atoms with E-state index < -0.39 is 0 Å². The van der Waals surface area contributed by atoms with Gasteiger partial charge in [0.05, 0.1) is 6.61 Å². The van der Waals surface area contributed by atoms with Crippen molar-refractivity contribution in [2.24, 2.45) is 5.92 Å². The summed E-state index contributed by atoms with van der Waals surface area (Å²) in [5, 5.41) is 0. The van der Waals surface area contributed by atoms with E-state index in [1.54, 1.807) is 13.2 Å². The summed E-state index contributed by atoms with van der Waals surface area (Å²) in [6, 6.07) is 0. The van der Waals surface area contributed by atoms with Crippen molar-refractivity contribution >= 4 is 0 Å². The molecule has 0 saturated carbocycles. The molecule has 0 atom stereocenters. The molecule has 0 amide bonds. The number of methoxy groups -OCH3 is 1. The van der Waals surface area contributed by atoms with Gasteiger partial charge in [-0.3, -0.25) is 0 Å². The molecule has 0 aromatic rings. The predicted molar refractivity (Wildman–Crippen MR) is 54.1 cm³/mol. The van der Waals surface area contributed by atoms with E-state index in [2.05, 4.69) is 32.6 Å². The monoisotopic (exact) mass is 166 g/mol. The Morgan fingerprint density at radius 1 is 1.50 bits per heavy atom. The van der Waals surface area contributed by atoms with Crippen molar-refractivity contribution in [3.63, 3.8) is 0 Å². The Bertz CT molecular complexity index is 175. The lowest BCUT2D eigenvalue weighted by molar-refractivity contribution is 0.228. The standard InChI is InChI=1S/C11H18O/c1-5-6-11(9-12-4)8-7-10(2)3/h5-8,10H,1,9H2,2-4H3/b8-7-,11-6+. The highest BCUT2D eigenvalue weighted by Gasteiger charge is 1.90. The third-order valence-corrected chi connectivity index (χ3v) is 1.34. The van der Waals surface area contributed by atoms with Crippen LogP contribution in [0.1, 0.15) is 13.8 Å². The molecule has 0 aromatic carbocycles. The van der Waals surface area contributed by atoms with Gasteiger partial charge in [-0.05, 0) is 11.5 Å². The Kier molecular flexibility index (Phi) is 6.39. The van der Waals surface area contributed by atoms with Crippen molar-refractivity contribution < 1.29 is 4.74 Å². The van der Waals surface area contributed by atoms with Gasteiger partial charge in [-0.2, -0.15) is 0 Å². The number of ether oxygens (including phenoxy) is 1. The number of rotatable bonds is 5. The van der Waals surface area contributed by atoms with Crippen LogP contribution in [0.3, 0.4) is 0 Å². The van der Waals surface area contributed by atoms with Crippen molar-refractivity contribution in [3.8, 4) is 0 Å². The van der Waals surface area contributed by atoms with Crippen LogP contribution in [-0.4, -0.2) is 13.7 Å². The van der Waals surface area contributed by atoms with E-state index in [1.165, 1.54) is 0 Å². The van der Waals surface area contributed by atoms with E-state index in [0.717, 1.165) is 5.57 Å². The van der Waals surface area contributed by atoms with Gasteiger partial charge in [0.1, 0.15) is 0 Å². The van der Waals surface area contributed by atoms with E-state index in [-0.39, 0.29) is 0 Å². The van der Waals surface area contributed by atoms with Crippen LogP contribution in [0.5, 0.6) is 0 Å². The highest BCUT2D eigenvalue weighted by atomic mass is 16.5. The first-order valence-electron chi connectivity index (χ1n) is 4.19. The smallest absolute Gasteiger partial charge is 0.0712 e. The van der Waals surface area contributed by atoms with Gasteiger partial charge in [0, 0.05) is 7.11 Å². The third-order valence-electron chi connectivity index (χ3n) is 1.34. The molecule has 1 nitrogen and oxygen atoms in total. The van der Waals surface area contributed by atoms with Gasteiger partial charge in [0.25, 0.3) is 0 Å². The van der Waals surface area contributed by atoms with Crippen LogP contribution >= 0.6 is 0 Å². The topological polar surface area (TPSA) is 9.23 Å². The van der Waals surface area contributed by atoms with Crippen LogP contribution in [-0.2, 0) is 4.74 Å². The van der Waals surface area contributed by atoms with Gasteiger partial charge >= 0.3 is 0 Å². The zero-order valence-electron chi connectivity index (χ0n) is 8.21. The average molecular weight is 166 g/mol. The molecule has 0 aliphatic heterocycles. The van der Waals surface area contributed by atoms with Gasteiger partial charge in [0.15, 0.2) is 0 Å². The fourth-order valence-electron chi connectivity index (χ4n) is 0.786. The molecule has 0 heterocycles. The van der Waals surface area contributed by atoms with Crippen molar-refractivity contribution in [1.82, 2.24) is 0 Å². The second kappa shape index (κ2) is 6.86. The second-order valence-electron chi connectivity index (χ2n) is 3.01. The molecule has 0 unspecified atom stereocenters. The molecule has 0 rings (SSSR count). The summed E-state index contributed by atoms with van der Waals surface area (Å²) in [5.41, 5.74) is 1.15. The maximum Gasteiger partial charge on any atom is 0.0712 e. The Balaban J connectivity index is 4.12. The van der Waals surface area contributed by atoms with Crippen LogP contribution in [0.2, 0.25) is 0 Å². The zero-order chi connectivity index (χ0) is 9.40. The molecule has 0 spiro atoms. The number of allylic oxidation sites excluding steroid dienone is 3. The quantitative estimate of drug-likeness (QED) is 0.570. The summed E-state index contributed by atoms with van der Waals surface area (Å²) in [6.07, 6.45) is 7.96. The molecule has 0 saturated heterocycles. The third kappa shape index (κ3) is 5.93. The van der Waals surface area contributed by atoms with E-state index >= 15 is 0 Å². The second-order valence-corrected chi connectivity index (χ2v) is 3.01. The molecule has 0 N–H and O–H groups in total. The summed E-state index contributed by atoms with van der Waals surface area (Å²) in [6.45, 7) is 8.59. The molecule has 0 bridgehead atoms. The highest BCUT2D eigenvalue weighted by molar-refractivity contribution is 5.23. The summed E-state index contributed by atoms with van der Waals surface area (Å²) in [7, 11) is 1.69. The molecule has 0 fully saturated rings. The van der Waals surface area contributed by atoms with Gasteiger partial charge in [-0.25, -0.2) is 0 Å². The van der Waals surface area contributed by atoms with Crippen molar-refractivity contribution in [2.45, 2.75) is 13.8 Å². The minimum atomic E-state index is 0.579. The maximum absolute atomic E-state index is 5.02. The molecule has 1 heteroatoms. The summed E-state index contributed by atoms with van der Waals surface area (Å²) in [4.78, 5) is 0. The molecular weight excluding hydrogens is 148 g/mol. The van der Waals surface area contributed by atoms with Gasteiger partial charge in [-0.1, -0.05) is 44.7 Å². The van der Waals surface area contributed by atoms with Crippen molar-refractivity contribution in [2.75, 3.05) is 13.7 Å². The van der Waals surface area contributed by atoms with Gasteiger partial charge in [-0.15, -0.1) is 0 Å². The Labute approximate surface area is 75.4 Å². The molecule has 0 aliphatic rings. The van der Waals surface area contributed by atoms with Crippen molar-refractivity contribution in [1.29, 1.82) is 0 Å². The van der Waals surface area contributed by atoms with Crippen molar-refractivity contribution in [3.05, 3.63) is 36.5 Å². The van der Waals surface area contributed by atoms with Gasteiger partial charge < -0.3 is 4.74 Å². The largest absolute Gasteiger partial charge is 0.380 e. The van der Waals surface area contributed by atoms with E-state index in [4.69, 9.17) is 4.74 Å². The lowest BCUT2D eigenvalue weighted by atomic mass is 10.1. The number of hydrogen-bond acceptors (Lipinski definition) is 1. The first-order valence-corrected chi connectivity index (χ1v) is 4.19. The molecule has 12 heavy (non-hydrogen) atoms. The van der Waals surface area contributed by atoms with Crippen LogP contribution in [0.15, 0.2) is 36.5 Å². The first-order chi connectivity index (χ1) is 5.70. The van der Waals surface area contributed by atoms with Crippen LogP contribution < -0.4 is 0 Å². The Morgan fingerprint density at radius 3 is 2.58 bits per heavy atom. The normalized spacial score (nSPS) is 12.8. The Hall–Kier alpha value is -0.820. The SMILES string of the molecule is C=C/C=C(\C=C/C(C)C)COC. The minimum Gasteiger partial charge on any atom is -0.380 e. The van der Waals surface area contributed by atoms with Crippen LogP contribution in [0.25, 0.3) is 0 Å². The molecule has 68 valence electrons. The summed E-state index contributed by atoms with van der Waals surface area (Å²) >= 11 is 0. The lowest BCUT2D eigenvalue weighted by Crippen LogP contribution is -1.91. The summed E-state index contributed by atoms with van der Waals surface area (Å²) < 4.78 is 5.02. The zero-order valence-corrected chi connectivity index (χ0v) is 8.21. The first kappa shape index (κ1) is 11.2. The molecule has 0 aromatic heterocycles.